The first kappa shape index (κ1) is 10.4. The van der Waals surface area contributed by atoms with E-state index in [1.54, 1.807) is 0 Å². The Hall–Kier alpha value is -1.11. The molecule has 0 N–H and O–H groups in total. The molecule has 0 atom stereocenters. The van der Waals surface area contributed by atoms with Crippen LogP contribution in [0.5, 0.6) is 0 Å². The van der Waals surface area contributed by atoms with E-state index in [-0.39, 0.29) is 0 Å². The van der Waals surface area contributed by atoms with Crippen molar-refractivity contribution in [1.82, 2.24) is 0 Å². The minimum Gasteiger partial charge on any atom is -0.303 e. The van der Waals surface area contributed by atoms with Gasteiger partial charge >= 0.3 is 0 Å². The van der Waals surface area contributed by atoms with Crippen molar-refractivity contribution in [2.24, 2.45) is 0 Å². The second kappa shape index (κ2) is 5.11. The van der Waals surface area contributed by atoms with Crippen molar-refractivity contribution in [1.29, 1.82) is 0 Å². The fourth-order valence-electron chi connectivity index (χ4n) is 2.61. The van der Waals surface area contributed by atoms with E-state index in [0.717, 1.165) is 18.6 Å². The molecule has 0 amide bonds. The quantitative estimate of drug-likeness (QED) is 0.683. The van der Waals surface area contributed by atoms with E-state index in [9.17, 15) is 4.79 Å². The molecule has 0 heterocycles. The number of carbonyl (C=O) groups is 1. The molecule has 1 saturated carbocycles. The van der Waals surface area contributed by atoms with Crippen LogP contribution < -0.4 is 0 Å². The average molecular weight is 202 g/mol. The van der Waals surface area contributed by atoms with Crippen LogP contribution in [0.2, 0.25) is 0 Å². The van der Waals surface area contributed by atoms with Gasteiger partial charge in [0.05, 0.1) is 0 Å². The van der Waals surface area contributed by atoms with Gasteiger partial charge in [0.2, 0.25) is 0 Å². The lowest BCUT2D eigenvalue weighted by atomic mass is 9.91. The third kappa shape index (κ3) is 2.47. The Morgan fingerprint density at radius 2 is 1.93 bits per heavy atom. The van der Waals surface area contributed by atoms with Crippen LogP contribution in [0.15, 0.2) is 24.3 Å². The number of rotatable bonds is 4. The lowest BCUT2D eigenvalue weighted by Crippen LogP contribution is -1.99. The molecule has 1 aliphatic rings. The number of benzene rings is 1. The molecule has 1 aromatic rings. The molecule has 0 bridgehead atoms. The van der Waals surface area contributed by atoms with E-state index in [1.807, 2.05) is 0 Å². The van der Waals surface area contributed by atoms with E-state index < -0.39 is 0 Å². The fourth-order valence-corrected chi connectivity index (χ4v) is 2.61. The number of hydrogen-bond acceptors (Lipinski definition) is 1. The van der Waals surface area contributed by atoms with Gasteiger partial charge in [-0.1, -0.05) is 37.1 Å². The Kier molecular flexibility index (Phi) is 3.54. The van der Waals surface area contributed by atoms with Crippen molar-refractivity contribution >= 4 is 6.29 Å². The van der Waals surface area contributed by atoms with Crippen molar-refractivity contribution in [2.45, 2.75) is 44.4 Å². The Bertz CT molecular complexity index is 324. The summed E-state index contributed by atoms with van der Waals surface area (Å²) in [5.41, 5.74) is 2.88. The molecule has 1 aliphatic carbocycles. The molecule has 80 valence electrons. The molecule has 1 aromatic carbocycles. The van der Waals surface area contributed by atoms with Gasteiger partial charge in [0, 0.05) is 6.42 Å². The molecule has 0 radical (unpaired) electrons. The highest BCUT2D eigenvalue weighted by Crippen LogP contribution is 2.35. The number of aryl methyl sites for hydroxylation is 1. The maximum absolute atomic E-state index is 10.4. The minimum absolute atomic E-state index is 0.656. The molecular formula is C14H18O. The zero-order valence-electron chi connectivity index (χ0n) is 9.11. The summed E-state index contributed by atoms with van der Waals surface area (Å²) in [6.07, 6.45) is 7.99. The van der Waals surface area contributed by atoms with Crippen molar-refractivity contribution in [2.75, 3.05) is 0 Å². The first-order chi connectivity index (χ1) is 7.42. The predicted octanol–water partition coefficient (Wildman–Crippen LogP) is 3.48. The van der Waals surface area contributed by atoms with Gasteiger partial charge < -0.3 is 4.79 Å². The van der Waals surface area contributed by atoms with Gasteiger partial charge in [0.25, 0.3) is 0 Å². The number of hydrogen-bond donors (Lipinski definition) is 0. The summed E-state index contributed by atoms with van der Waals surface area (Å²) in [7, 11) is 0. The Morgan fingerprint density at radius 3 is 2.67 bits per heavy atom. The van der Waals surface area contributed by atoms with Crippen molar-refractivity contribution in [3.8, 4) is 0 Å². The zero-order chi connectivity index (χ0) is 10.5. The summed E-state index contributed by atoms with van der Waals surface area (Å²) in [4.78, 5) is 10.4. The number of aldehydes is 1. The standard InChI is InChI=1S/C14H18O/c15-11-5-9-13-8-3-4-10-14(13)12-6-1-2-7-12/h3-4,8,10-12H,1-2,5-7,9H2. The van der Waals surface area contributed by atoms with E-state index in [1.165, 1.54) is 36.8 Å². The van der Waals surface area contributed by atoms with Gasteiger partial charge in [-0.3, -0.25) is 0 Å². The SMILES string of the molecule is O=CCCc1ccccc1C1CCCC1. The van der Waals surface area contributed by atoms with E-state index >= 15 is 0 Å². The van der Waals surface area contributed by atoms with Crippen molar-refractivity contribution in [3.05, 3.63) is 35.4 Å². The van der Waals surface area contributed by atoms with Gasteiger partial charge in [0.1, 0.15) is 6.29 Å². The summed E-state index contributed by atoms with van der Waals surface area (Å²) < 4.78 is 0. The first-order valence-electron chi connectivity index (χ1n) is 5.93. The predicted molar refractivity (Wildman–Crippen MR) is 62.0 cm³/mol. The molecule has 0 saturated heterocycles. The lowest BCUT2D eigenvalue weighted by Gasteiger charge is -2.14. The van der Waals surface area contributed by atoms with Crippen LogP contribution in [0.1, 0.15) is 49.1 Å². The van der Waals surface area contributed by atoms with Crippen molar-refractivity contribution in [3.63, 3.8) is 0 Å². The Morgan fingerprint density at radius 1 is 1.20 bits per heavy atom. The van der Waals surface area contributed by atoms with E-state index in [0.29, 0.717) is 6.42 Å². The largest absolute Gasteiger partial charge is 0.303 e. The smallest absolute Gasteiger partial charge is 0.120 e. The van der Waals surface area contributed by atoms with Crippen LogP contribution in [-0.2, 0) is 11.2 Å². The second-order valence-electron chi connectivity index (χ2n) is 4.39. The summed E-state index contributed by atoms with van der Waals surface area (Å²) >= 11 is 0. The Balaban J connectivity index is 2.16. The highest BCUT2D eigenvalue weighted by molar-refractivity contribution is 5.50. The molecular weight excluding hydrogens is 184 g/mol. The molecule has 15 heavy (non-hydrogen) atoms. The topological polar surface area (TPSA) is 17.1 Å². The van der Waals surface area contributed by atoms with Gasteiger partial charge in [-0.2, -0.15) is 0 Å². The molecule has 1 fully saturated rings. The molecule has 0 spiro atoms. The third-order valence-electron chi connectivity index (χ3n) is 3.38. The summed E-state index contributed by atoms with van der Waals surface area (Å²) in [5.74, 6) is 0.757. The summed E-state index contributed by atoms with van der Waals surface area (Å²) in [6, 6.07) is 8.63. The van der Waals surface area contributed by atoms with Crippen LogP contribution in [0.25, 0.3) is 0 Å². The minimum atomic E-state index is 0.656. The van der Waals surface area contributed by atoms with Crippen LogP contribution >= 0.6 is 0 Å². The zero-order valence-corrected chi connectivity index (χ0v) is 9.11. The fraction of sp³-hybridized carbons (Fsp3) is 0.500. The normalized spacial score (nSPS) is 16.8. The van der Waals surface area contributed by atoms with Crippen LogP contribution in [0, 0.1) is 0 Å². The maximum Gasteiger partial charge on any atom is 0.120 e. The monoisotopic (exact) mass is 202 g/mol. The highest BCUT2D eigenvalue weighted by Gasteiger charge is 2.18. The van der Waals surface area contributed by atoms with Crippen LogP contribution in [0.4, 0.5) is 0 Å². The van der Waals surface area contributed by atoms with Gasteiger partial charge in [0.15, 0.2) is 0 Å². The van der Waals surface area contributed by atoms with Gasteiger partial charge in [-0.25, -0.2) is 0 Å². The summed E-state index contributed by atoms with van der Waals surface area (Å²) in [5, 5.41) is 0. The average Bonchev–Trinajstić information content (AvgIpc) is 2.80. The maximum atomic E-state index is 10.4. The lowest BCUT2D eigenvalue weighted by molar-refractivity contribution is -0.107. The van der Waals surface area contributed by atoms with Crippen LogP contribution in [0.3, 0.4) is 0 Å². The number of carbonyl (C=O) groups excluding carboxylic acids is 1. The van der Waals surface area contributed by atoms with Crippen LogP contribution in [-0.4, -0.2) is 6.29 Å². The molecule has 0 aromatic heterocycles. The highest BCUT2D eigenvalue weighted by atomic mass is 16.1. The first-order valence-corrected chi connectivity index (χ1v) is 5.93. The third-order valence-corrected chi connectivity index (χ3v) is 3.38. The molecule has 0 aliphatic heterocycles. The molecule has 1 nitrogen and oxygen atoms in total. The van der Waals surface area contributed by atoms with E-state index in [4.69, 9.17) is 0 Å². The summed E-state index contributed by atoms with van der Waals surface area (Å²) in [6.45, 7) is 0. The van der Waals surface area contributed by atoms with E-state index in [2.05, 4.69) is 24.3 Å². The second-order valence-corrected chi connectivity index (χ2v) is 4.39. The molecule has 0 unspecified atom stereocenters. The van der Waals surface area contributed by atoms with Crippen molar-refractivity contribution < 1.29 is 4.79 Å². The van der Waals surface area contributed by atoms with Gasteiger partial charge in [-0.05, 0) is 36.3 Å². The molecule has 1 heteroatoms. The molecule has 2 rings (SSSR count). The van der Waals surface area contributed by atoms with Gasteiger partial charge in [-0.15, -0.1) is 0 Å². The Labute approximate surface area is 91.5 Å².